The Morgan fingerprint density at radius 1 is 1.04 bits per heavy atom. The molecule has 1 aliphatic carbocycles. The molecule has 27 heavy (non-hydrogen) atoms. The lowest BCUT2D eigenvalue weighted by atomic mass is 9.98. The van der Waals surface area contributed by atoms with Gasteiger partial charge in [0.2, 0.25) is 0 Å². The molecule has 0 fully saturated rings. The number of rotatable bonds is 4. The molecule has 0 unspecified atom stereocenters. The summed E-state index contributed by atoms with van der Waals surface area (Å²) >= 11 is 0. The highest BCUT2D eigenvalue weighted by Gasteiger charge is 2.17. The van der Waals surface area contributed by atoms with Gasteiger partial charge >= 0.3 is 0 Å². The molecule has 0 bridgehead atoms. The maximum absolute atomic E-state index is 12.3. The summed E-state index contributed by atoms with van der Waals surface area (Å²) in [5.74, 6) is -0.407. The minimum absolute atomic E-state index is 0.0564. The van der Waals surface area contributed by atoms with E-state index in [9.17, 15) is 14.9 Å². The van der Waals surface area contributed by atoms with E-state index in [4.69, 9.17) is 0 Å². The van der Waals surface area contributed by atoms with Gasteiger partial charge in [0.25, 0.3) is 11.6 Å². The maximum atomic E-state index is 12.3. The van der Waals surface area contributed by atoms with E-state index in [0.29, 0.717) is 11.3 Å². The van der Waals surface area contributed by atoms with Gasteiger partial charge in [-0.1, -0.05) is 30.3 Å². The first kappa shape index (κ1) is 16.9. The lowest BCUT2D eigenvalue weighted by Gasteiger charge is -2.09. The summed E-state index contributed by atoms with van der Waals surface area (Å²) in [6.07, 6.45) is 2.12. The Kier molecular flexibility index (Phi) is 4.16. The van der Waals surface area contributed by atoms with Gasteiger partial charge in [0.15, 0.2) is 0 Å². The highest BCUT2D eigenvalue weighted by molar-refractivity contribution is 6.11. The predicted molar refractivity (Wildman–Crippen MR) is 104 cm³/mol. The zero-order valence-corrected chi connectivity index (χ0v) is 14.7. The fourth-order valence-electron chi connectivity index (χ4n) is 3.56. The molecule has 6 heteroatoms. The summed E-state index contributed by atoms with van der Waals surface area (Å²) in [7, 11) is 0. The molecule has 6 nitrogen and oxygen atoms in total. The highest BCUT2D eigenvalue weighted by atomic mass is 16.6. The third kappa shape index (κ3) is 3.06. The third-order valence-electron chi connectivity index (χ3n) is 4.93. The number of nitro groups is 1. The van der Waals surface area contributed by atoms with Crippen LogP contribution >= 0.6 is 0 Å². The van der Waals surface area contributed by atoms with Gasteiger partial charge in [-0.3, -0.25) is 14.9 Å². The summed E-state index contributed by atoms with van der Waals surface area (Å²) in [4.78, 5) is 22.5. The van der Waals surface area contributed by atoms with Crippen LogP contribution in [-0.4, -0.2) is 16.5 Å². The SMILES string of the molecule is CC(=NNC(=O)c1ccc([N+](=O)[O-])cc1)c1ccc2c3c(cccc13)CC2. The largest absolute Gasteiger partial charge is 0.271 e. The van der Waals surface area contributed by atoms with Gasteiger partial charge in [-0.15, -0.1) is 0 Å². The first-order valence-corrected chi connectivity index (χ1v) is 8.67. The van der Waals surface area contributed by atoms with Crippen molar-refractivity contribution in [3.05, 3.63) is 87.0 Å². The molecule has 1 N–H and O–H groups in total. The summed E-state index contributed by atoms with van der Waals surface area (Å²) in [6, 6.07) is 15.9. The van der Waals surface area contributed by atoms with Crippen molar-refractivity contribution in [3.63, 3.8) is 0 Å². The normalized spacial score (nSPS) is 13.0. The van der Waals surface area contributed by atoms with Crippen LogP contribution in [0.5, 0.6) is 0 Å². The molecule has 1 amide bonds. The van der Waals surface area contributed by atoms with E-state index in [0.717, 1.165) is 23.8 Å². The monoisotopic (exact) mass is 359 g/mol. The number of carbonyl (C=O) groups is 1. The number of hydrazone groups is 1. The van der Waals surface area contributed by atoms with Gasteiger partial charge in [0, 0.05) is 23.3 Å². The van der Waals surface area contributed by atoms with Gasteiger partial charge in [0.05, 0.1) is 10.6 Å². The van der Waals surface area contributed by atoms with Crippen molar-refractivity contribution in [2.75, 3.05) is 0 Å². The Morgan fingerprint density at radius 3 is 2.44 bits per heavy atom. The van der Waals surface area contributed by atoms with Crippen LogP contribution in [0.15, 0.2) is 59.7 Å². The second-order valence-corrected chi connectivity index (χ2v) is 6.55. The molecular weight excluding hydrogens is 342 g/mol. The van der Waals surface area contributed by atoms with E-state index >= 15 is 0 Å². The van der Waals surface area contributed by atoms with Crippen molar-refractivity contribution in [2.45, 2.75) is 19.8 Å². The number of aryl methyl sites for hydroxylation is 2. The molecule has 0 heterocycles. The second-order valence-electron chi connectivity index (χ2n) is 6.55. The fraction of sp³-hybridized carbons (Fsp3) is 0.143. The van der Waals surface area contributed by atoms with E-state index in [-0.39, 0.29) is 5.69 Å². The molecule has 134 valence electrons. The standard InChI is InChI=1S/C21H17N3O3/c1-13(22-23-21(25)16-7-10-17(11-8-16)24(26)27)18-12-9-15-6-5-14-3-2-4-19(18)20(14)15/h2-4,7-12H,5-6H2,1H3,(H,23,25). The van der Waals surface area contributed by atoms with E-state index in [1.165, 1.54) is 40.8 Å². The minimum Gasteiger partial charge on any atom is -0.267 e. The number of hydrogen-bond acceptors (Lipinski definition) is 4. The van der Waals surface area contributed by atoms with Crippen LogP contribution in [0.3, 0.4) is 0 Å². The molecule has 0 aliphatic heterocycles. The zero-order valence-electron chi connectivity index (χ0n) is 14.7. The fourth-order valence-corrected chi connectivity index (χ4v) is 3.56. The average molecular weight is 359 g/mol. The highest BCUT2D eigenvalue weighted by Crippen LogP contribution is 2.32. The molecule has 0 atom stereocenters. The van der Waals surface area contributed by atoms with Crippen molar-refractivity contribution < 1.29 is 9.72 Å². The van der Waals surface area contributed by atoms with Crippen LogP contribution in [-0.2, 0) is 12.8 Å². The lowest BCUT2D eigenvalue weighted by molar-refractivity contribution is -0.384. The molecule has 3 aromatic carbocycles. The summed E-state index contributed by atoms with van der Waals surface area (Å²) in [5, 5.41) is 17.4. The van der Waals surface area contributed by atoms with Crippen molar-refractivity contribution in [3.8, 4) is 0 Å². The number of nitrogens with one attached hydrogen (secondary N) is 1. The topological polar surface area (TPSA) is 84.6 Å². The second kappa shape index (κ2) is 6.64. The summed E-state index contributed by atoms with van der Waals surface area (Å²) < 4.78 is 0. The molecule has 0 spiro atoms. The lowest BCUT2D eigenvalue weighted by Crippen LogP contribution is -2.19. The molecule has 4 rings (SSSR count). The number of benzene rings is 3. The Bertz CT molecular complexity index is 1090. The Hall–Kier alpha value is -3.54. The van der Waals surface area contributed by atoms with E-state index in [1.54, 1.807) is 0 Å². The Labute approximate surface area is 155 Å². The first-order chi connectivity index (χ1) is 13.0. The molecular formula is C21H17N3O3. The van der Waals surface area contributed by atoms with Gasteiger partial charge in [-0.2, -0.15) is 5.10 Å². The molecule has 0 aromatic heterocycles. The number of carbonyl (C=O) groups excluding carboxylic acids is 1. The van der Waals surface area contributed by atoms with Gasteiger partial charge in [-0.25, -0.2) is 5.43 Å². The van der Waals surface area contributed by atoms with Crippen LogP contribution in [0.1, 0.15) is 34.0 Å². The molecule has 1 aliphatic rings. The molecule has 0 saturated carbocycles. The number of nitro benzene ring substituents is 1. The van der Waals surface area contributed by atoms with Crippen molar-refractivity contribution in [1.82, 2.24) is 5.43 Å². The predicted octanol–water partition coefficient (Wildman–Crippen LogP) is 4.00. The van der Waals surface area contributed by atoms with Gasteiger partial charge in [0.1, 0.15) is 0 Å². The first-order valence-electron chi connectivity index (χ1n) is 8.67. The third-order valence-corrected chi connectivity index (χ3v) is 4.93. The summed E-state index contributed by atoms with van der Waals surface area (Å²) in [5.41, 5.74) is 7.20. The number of amides is 1. The summed E-state index contributed by atoms with van der Waals surface area (Å²) in [6.45, 7) is 1.86. The van der Waals surface area contributed by atoms with Crippen LogP contribution in [0.25, 0.3) is 10.8 Å². The Balaban J connectivity index is 1.59. The van der Waals surface area contributed by atoms with Gasteiger partial charge < -0.3 is 0 Å². The van der Waals surface area contributed by atoms with Crippen molar-refractivity contribution in [2.24, 2.45) is 5.10 Å². The van der Waals surface area contributed by atoms with Crippen LogP contribution in [0, 0.1) is 10.1 Å². The number of nitrogens with zero attached hydrogens (tertiary/aromatic N) is 2. The quantitative estimate of drug-likeness (QED) is 0.434. The number of hydrogen-bond donors (Lipinski definition) is 1. The van der Waals surface area contributed by atoms with Crippen LogP contribution in [0.4, 0.5) is 5.69 Å². The molecule has 3 aromatic rings. The minimum atomic E-state index is -0.500. The van der Waals surface area contributed by atoms with E-state index < -0.39 is 10.8 Å². The zero-order chi connectivity index (χ0) is 19.0. The average Bonchev–Trinajstić information content (AvgIpc) is 3.11. The van der Waals surface area contributed by atoms with Crippen LogP contribution < -0.4 is 5.43 Å². The van der Waals surface area contributed by atoms with Crippen molar-refractivity contribution >= 4 is 28.1 Å². The Morgan fingerprint density at radius 2 is 1.74 bits per heavy atom. The smallest absolute Gasteiger partial charge is 0.267 e. The van der Waals surface area contributed by atoms with Crippen LogP contribution in [0.2, 0.25) is 0 Å². The molecule has 0 saturated heterocycles. The maximum Gasteiger partial charge on any atom is 0.271 e. The van der Waals surface area contributed by atoms with Crippen molar-refractivity contribution in [1.29, 1.82) is 0 Å². The van der Waals surface area contributed by atoms with Gasteiger partial charge in [-0.05, 0) is 53.8 Å². The van der Waals surface area contributed by atoms with E-state index in [2.05, 4.69) is 34.8 Å². The van der Waals surface area contributed by atoms with E-state index in [1.807, 2.05) is 13.0 Å². The number of non-ortho nitro benzene ring substituents is 1. The molecule has 0 radical (unpaired) electrons.